The molecule has 0 amide bonds. The van der Waals surface area contributed by atoms with Gasteiger partial charge in [0.25, 0.3) is 0 Å². The Morgan fingerprint density at radius 2 is 1.94 bits per heavy atom. The molecular weight excluding hydrogens is 295 g/mol. The second-order valence-corrected chi connectivity index (χ2v) is 4.87. The van der Waals surface area contributed by atoms with Crippen molar-refractivity contribution in [1.29, 1.82) is 0 Å². The van der Waals surface area contributed by atoms with E-state index < -0.39 is 22.7 Å². The summed E-state index contributed by atoms with van der Waals surface area (Å²) < 4.78 is 13.2. The zero-order valence-corrected chi connectivity index (χ0v) is 10.4. The first-order valence-electron chi connectivity index (χ1n) is 4.72. The average molecular weight is 305 g/mol. The van der Waals surface area contributed by atoms with Gasteiger partial charge in [0.2, 0.25) is 0 Å². The number of aliphatic hydroxyl groups excluding tert-OH is 1. The number of benzene rings is 1. The maximum absolute atomic E-state index is 13.2. The van der Waals surface area contributed by atoms with E-state index in [9.17, 15) is 19.1 Å². The maximum atomic E-state index is 13.2. The van der Waals surface area contributed by atoms with E-state index in [1.807, 2.05) is 0 Å². The molecule has 2 atom stereocenters. The van der Waals surface area contributed by atoms with Crippen LogP contribution >= 0.6 is 15.9 Å². The summed E-state index contributed by atoms with van der Waals surface area (Å²) in [5.74, 6) is -2.65. The van der Waals surface area contributed by atoms with E-state index in [1.165, 1.54) is 6.07 Å². The van der Waals surface area contributed by atoms with Crippen LogP contribution in [0.15, 0.2) is 18.2 Å². The summed E-state index contributed by atoms with van der Waals surface area (Å²) >= 11 is 3.04. The van der Waals surface area contributed by atoms with Gasteiger partial charge in [-0.3, -0.25) is 4.79 Å². The average Bonchev–Trinajstić information content (AvgIpc) is 2.25. The van der Waals surface area contributed by atoms with Crippen LogP contribution in [0.2, 0.25) is 0 Å². The van der Waals surface area contributed by atoms with Gasteiger partial charge in [0.1, 0.15) is 5.82 Å². The Morgan fingerprint density at radius 3 is 2.41 bits per heavy atom. The lowest BCUT2D eigenvalue weighted by molar-refractivity contribution is -0.146. The molecule has 0 spiro atoms. The number of halogens is 2. The standard InChI is InChI=1S/C11H10BrFO4/c1-5(12)9(14)6-2-7(4-8(13)3-6)10(15)11(16)17/h2-5,10,15H,1H3,(H,16,17). The third-order valence-corrected chi connectivity index (χ3v) is 2.53. The molecule has 4 nitrogen and oxygen atoms in total. The summed E-state index contributed by atoms with van der Waals surface area (Å²) in [6.45, 7) is 1.57. The Labute approximate surface area is 105 Å². The van der Waals surface area contributed by atoms with Crippen LogP contribution in [0.25, 0.3) is 0 Å². The quantitative estimate of drug-likeness (QED) is 0.658. The molecule has 0 bridgehead atoms. The maximum Gasteiger partial charge on any atom is 0.337 e. The number of carbonyl (C=O) groups excluding carboxylic acids is 1. The van der Waals surface area contributed by atoms with E-state index in [0.717, 1.165) is 12.1 Å². The molecule has 0 aliphatic heterocycles. The predicted octanol–water partition coefficient (Wildman–Crippen LogP) is 1.91. The largest absolute Gasteiger partial charge is 0.479 e. The number of aliphatic hydroxyl groups is 1. The summed E-state index contributed by atoms with van der Waals surface area (Å²) in [5.41, 5.74) is -0.140. The number of hydrogen-bond donors (Lipinski definition) is 2. The fraction of sp³-hybridized carbons (Fsp3) is 0.273. The van der Waals surface area contributed by atoms with Crippen LogP contribution in [0, 0.1) is 5.82 Å². The first-order valence-corrected chi connectivity index (χ1v) is 5.64. The lowest BCUT2D eigenvalue weighted by Gasteiger charge is -2.09. The second kappa shape index (κ2) is 5.37. The molecule has 6 heteroatoms. The molecule has 1 aromatic carbocycles. The SMILES string of the molecule is CC(Br)C(=O)c1cc(F)cc(C(O)C(=O)O)c1. The molecule has 2 N–H and O–H groups in total. The number of ketones is 1. The summed E-state index contributed by atoms with van der Waals surface area (Å²) in [5, 5.41) is 17.9. The van der Waals surface area contributed by atoms with E-state index >= 15 is 0 Å². The predicted molar refractivity (Wildman–Crippen MR) is 61.7 cm³/mol. The van der Waals surface area contributed by atoms with Crippen molar-refractivity contribution < 1.29 is 24.2 Å². The van der Waals surface area contributed by atoms with Crippen molar-refractivity contribution in [2.24, 2.45) is 0 Å². The van der Waals surface area contributed by atoms with E-state index in [4.69, 9.17) is 5.11 Å². The van der Waals surface area contributed by atoms with Gasteiger partial charge in [-0.05, 0) is 30.7 Å². The Balaban J connectivity index is 3.19. The fourth-order valence-electron chi connectivity index (χ4n) is 1.28. The molecule has 0 saturated carbocycles. The molecule has 0 fully saturated rings. The highest BCUT2D eigenvalue weighted by molar-refractivity contribution is 9.10. The van der Waals surface area contributed by atoms with E-state index in [1.54, 1.807) is 6.92 Å². The van der Waals surface area contributed by atoms with Gasteiger partial charge in [-0.1, -0.05) is 15.9 Å². The van der Waals surface area contributed by atoms with E-state index in [2.05, 4.69) is 15.9 Å². The third kappa shape index (κ3) is 3.34. The van der Waals surface area contributed by atoms with Gasteiger partial charge in [-0.15, -0.1) is 0 Å². The van der Waals surface area contributed by atoms with Crippen molar-refractivity contribution in [3.05, 3.63) is 35.1 Å². The second-order valence-electron chi connectivity index (χ2n) is 3.49. The van der Waals surface area contributed by atoms with Crippen LogP contribution in [-0.4, -0.2) is 26.8 Å². The molecule has 0 saturated heterocycles. The van der Waals surface area contributed by atoms with Gasteiger partial charge in [0, 0.05) is 5.56 Å². The molecule has 0 heterocycles. The number of carboxylic acids is 1. The first kappa shape index (κ1) is 13.8. The monoisotopic (exact) mass is 304 g/mol. The van der Waals surface area contributed by atoms with Gasteiger partial charge in [0.15, 0.2) is 11.9 Å². The van der Waals surface area contributed by atoms with Crippen LogP contribution in [-0.2, 0) is 4.79 Å². The smallest absolute Gasteiger partial charge is 0.337 e. The van der Waals surface area contributed by atoms with Gasteiger partial charge >= 0.3 is 5.97 Å². The van der Waals surface area contributed by atoms with Crippen LogP contribution in [0.4, 0.5) is 4.39 Å². The molecule has 92 valence electrons. The molecule has 0 aliphatic carbocycles. The zero-order valence-electron chi connectivity index (χ0n) is 8.85. The molecule has 0 aliphatic rings. The van der Waals surface area contributed by atoms with Crippen molar-refractivity contribution >= 4 is 27.7 Å². The Kier molecular flexibility index (Phi) is 4.36. The Hall–Kier alpha value is -1.27. The molecule has 1 aromatic rings. The van der Waals surface area contributed by atoms with E-state index in [-0.39, 0.29) is 16.9 Å². The minimum Gasteiger partial charge on any atom is -0.479 e. The van der Waals surface area contributed by atoms with Gasteiger partial charge < -0.3 is 10.2 Å². The van der Waals surface area contributed by atoms with Crippen molar-refractivity contribution in [2.45, 2.75) is 17.9 Å². The van der Waals surface area contributed by atoms with Crippen molar-refractivity contribution in [3.63, 3.8) is 0 Å². The number of hydrogen-bond acceptors (Lipinski definition) is 3. The topological polar surface area (TPSA) is 74.6 Å². The summed E-state index contributed by atoms with van der Waals surface area (Å²) in [7, 11) is 0. The lowest BCUT2D eigenvalue weighted by atomic mass is 10.0. The minimum atomic E-state index is -1.84. The Morgan fingerprint density at radius 1 is 1.35 bits per heavy atom. The van der Waals surface area contributed by atoms with Crippen molar-refractivity contribution in [2.75, 3.05) is 0 Å². The third-order valence-electron chi connectivity index (χ3n) is 2.12. The number of rotatable bonds is 4. The molecule has 17 heavy (non-hydrogen) atoms. The van der Waals surface area contributed by atoms with Crippen LogP contribution in [0.1, 0.15) is 28.9 Å². The van der Waals surface area contributed by atoms with Crippen LogP contribution in [0.5, 0.6) is 0 Å². The number of carboxylic acid groups (broad SMARTS) is 1. The normalized spacial score (nSPS) is 14.1. The minimum absolute atomic E-state index is 0.0182. The molecule has 0 radical (unpaired) electrons. The molecule has 0 aromatic heterocycles. The van der Waals surface area contributed by atoms with Gasteiger partial charge in [-0.2, -0.15) is 0 Å². The lowest BCUT2D eigenvalue weighted by Crippen LogP contribution is -2.14. The number of carbonyl (C=O) groups is 2. The van der Waals surface area contributed by atoms with Gasteiger partial charge in [0.05, 0.1) is 4.83 Å². The number of aliphatic carboxylic acids is 1. The summed E-state index contributed by atoms with van der Waals surface area (Å²) in [6.07, 6.45) is -1.84. The Bertz CT molecular complexity index is 459. The number of alkyl halides is 1. The molecule has 2 unspecified atom stereocenters. The van der Waals surface area contributed by atoms with Gasteiger partial charge in [-0.25, -0.2) is 9.18 Å². The van der Waals surface area contributed by atoms with Crippen LogP contribution in [0.3, 0.4) is 0 Å². The van der Waals surface area contributed by atoms with Crippen LogP contribution < -0.4 is 0 Å². The zero-order chi connectivity index (χ0) is 13.2. The highest BCUT2D eigenvalue weighted by Gasteiger charge is 2.20. The van der Waals surface area contributed by atoms with E-state index in [0.29, 0.717) is 0 Å². The van der Waals surface area contributed by atoms with Crippen molar-refractivity contribution in [1.82, 2.24) is 0 Å². The van der Waals surface area contributed by atoms with Crippen molar-refractivity contribution in [3.8, 4) is 0 Å². The molecule has 1 rings (SSSR count). The molecular formula is C11H10BrFO4. The summed E-state index contributed by atoms with van der Waals surface area (Å²) in [4.78, 5) is 21.6. The number of Topliss-reactive ketones (excluding diaryl/α,β-unsaturated/α-hetero) is 1. The summed E-state index contributed by atoms with van der Waals surface area (Å²) in [6, 6.07) is 3.05. The highest BCUT2D eigenvalue weighted by Crippen LogP contribution is 2.19. The fourth-order valence-corrected chi connectivity index (χ4v) is 1.55. The highest BCUT2D eigenvalue weighted by atomic mass is 79.9. The first-order chi connectivity index (χ1) is 7.82.